The van der Waals surface area contributed by atoms with Crippen LogP contribution >= 0.6 is 0 Å². The molecule has 0 aliphatic carbocycles. The minimum absolute atomic E-state index is 0.00113. The van der Waals surface area contributed by atoms with E-state index in [0.717, 1.165) is 16.9 Å². The van der Waals surface area contributed by atoms with Crippen LogP contribution in [0.2, 0.25) is 0 Å². The van der Waals surface area contributed by atoms with Crippen LogP contribution in [0.4, 0.5) is 0 Å². The molecule has 0 N–H and O–H groups in total. The molecule has 2 aromatic carbocycles. The number of aryl methyl sites for hydroxylation is 1. The summed E-state index contributed by atoms with van der Waals surface area (Å²) in [5, 5.41) is 0. The van der Waals surface area contributed by atoms with Crippen LogP contribution in [0.15, 0.2) is 48.5 Å². The largest absolute Gasteiger partial charge is 0.497 e. The summed E-state index contributed by atoms with van der Waals surface area (Å²) in [4.78, 5) is 26.4. The molecule has 0 aliphatic heterocycles. The van der Waals surface area contributed by atoms with E-state index in [9.17, 15) is 9.59 Å². The summed E-state index contributed by atoms with van der Waals surface area (Å²) >= 11 is 0. The number of carbonyl (C=O) groups excluding carboxylic acids is 2. The van der Waals surface area contributed by atoms with Gasteiger partial charge in [0.05, 0.1) is 7.11 Å². The molecule has 4 heteroatoms. The van der Waals surface area contributed by atoms with Gasteiger partial charge in [-0.1, -0.05) is 42.0 Å². The van der Waals surface area contributed by atoms with Crippen molar-refractivity contribution in [2.45, 2.75) is 33.2 Å². The summed E-state index contributed by atoms with van der Waals surface area (Å²) in [7, 11) is 1.63. The number of carbonyl (C=O) groups is 2. The van der Waals surface area contributed by atoms with Gasteiger partial charge in [0.1, 0.15) is 5.75 Å². The molecule has 0 spiro atoms. The van der Waals surface area contributed by atoms with Crippen molar-refractivity contribution in [3.8, 4) is 5.75 Å². The predicted molar refractivity (Wildman–Crippen MR) is 98.8 cm³/mol. The Labute approximate surface area is 149 Å². The van der Waals surface area contributed by atoms with E-state index < -0.39 is 0 Å². The molecule has 0 aliphatic rings. The molecule has 132 valence electrons. The summed E-state index contributed by atoms with van der Waals surface area (Å²) in [5.74, 6) is 0.800. The Morgan fingerprint density at radius 3 is 2.16 bits per heavy atom. The molecular formula is C21H25NO3. The maximum Gasteiger partial charge on any atom is 0.223 e. The van der Waals surface area contributed by atoms with E-state index in [1.807, 2.05) is 62.4 Å². The minimum atomic E-state index is -0.00113. The molecule has 0 fully saturated rings. The standard InChI is InChI=1S/C21H25NO3/c1-4-22(15-17-7-11-19(25-3)12-8-17)21(24)14-13-20(23)18-9-5-16(2)6-10-18/h5-12H,4,13-15H2,1-3H3. The third-order valence-electron chi connectivity index (χ3n) is 4.21. The first-order valence-corrected chi connectivity index (χ1v) is 8.54. The fourth-order valence-corrected chi connectivity index (χ4v) is 2.59. The molecular weight excluding hydrogens is 314 g/mol. The second-order valence-corrected chi connectivity index (χ2v) is 6.05. The van der Waals surface area contributed by atoms with Gasteiger partial charge in [-0.2, -0.15) is 0 Å². The second-order valence-electron chi connectivity index (χ2n) is 6.05. The highest BCUT2D eigenvalue weighted by atomic mass is 16.5. The van der Waals surface area contributed by atoms with Crippen LogP contribution < -0.4 is 4.74 Å². The Morgan fingerprint density at radius 2 is 1.60 bits per heavy atom. The quantitative estimate of drug-likeness (QED) is 0.683. The van der Waals surface area contributed by atoms with Crippen molar-refractivity contribution in [1.29, 1.82) is 0 Å². The lowest BCUT2D eigenvalue weighted by molar-refractivity contribution is -0.131. The highest BCUT2D eigenvalue weighted by Crippen LogP contribution is 2.14. The average Bonchev–Trinajstić information content (AvgIpc) is 2.65. The van der Waals surface area contributed by atoms with Crippen LogP contribution in [0.3, 0.4) is 0 Å². The number of Topliss-reactive ketones (excluding diaryl/α,β-unsaturated/α-hetero) is 1. The van der Waals surface area contributed by atoms with Crippen molar-refractivity contribution in [2.75, 3.05) is 13.7 Å². The first kappa shape index (κ1) is 18.7. The molecule has 0 saturated carbocycles. The summed E-state index contributed by atoms with van der Waals surface area (Å²) in [6.45, 7) is 5.08. The van der Waals surface area contributed by atoms with Gasteiger partial charge in [-0.3, -0.25) is 9.59 Å². The van der Waals surface area contributed by atoms with Gasteiger partial charge in [-0.25, -0.2) is 0 Å². The molecule has 0 atom stereocenters. The number of hydrogen-bond acceptors (Lipinski definition) is 3. The number of ether oxygens (including phenoxy) is 1. The van der Waals surface area contributed by atoms with Gasteiger partial charge in [0.2, 0.25) is 5.91 Å². The lowest BCUT2D eigenvalue weighted by Gasteiger charge is -2.21. The van der Waals surface area contributed by atoms with Gasteiger partial charge in [0.25, 0.3) is 0 Å². The van der Waals surface area contributed by atoms with Crippen LogP contribution in [0, 0.1) is 6.92 Å². The number of ketones is 1. The molecule has 0 bridgehead atoms. The van der Waals surface area contributed by atoms with E-state index in [1.165, 1.54) is 0 Å². The van der Waals surface area contributed by atoms with Gasteiger partial charge in [-0.05, 0) is 31.5 Å². The van der Waals surface area contributed by atoms with E-state index in [1.54, 1.807) is 12.0 Å². The Morgan fingerprint density at radius 1 is 0.960 bits per heavy atom. The number of nitrogens with zero attached hydrogens (tertiary/aromatic N) is 1. The molecule has 0 radical (unpaired) electrons. The zero-order valence-electron chi connectivity index (χ0n) is 15.1. The Hall–Kier alpha value is -2.62. The molecule has 1 amide bonds. The average molecular weight is 339 g/mol. The van der Waals surface area contributed by atoms with E-state index >= 15 is 0 Å². The third-order valence-corrected chi connectivity index (χ3v) is 4.21. The molecule has 0 heterocycles. The highest BCUT2D eigenvalue weighted by molar-refractivity contribution is 5.97. The molecule has 2 aromatic rings. The summed E-state index contributed by atoms with van der Waals surface area (Å²) in [6, 6.07) is 15.1. The first-order valence-electron chi connectivity index (χ1n) is 8.54. The maximum absolute atomic E-state index is 12.4. The zero-order chi connectivity index (χ0) is 18.2. The number of amides is 1. The third kappa shape index (κ3) is 5.45. The molecule has 0 aromatic heterocycles. The smallest absolute Gasteiger partial charge is 0.223 e. The van der Waals surface area contributed by atoms with Gasteiger partial charge in [0, 0.05) is 31.5 Å². The predicted octanol–water partition coefficient (Wildman–Crippen LogP) is 4.02. The SMILES string of the molecule is CCN(Cc1ccc(OC)cc1)C(=O)CCC(=O)c1ccc(C)cc1. The van der Waals surface area contributed by atoms with Crippen LogP contribution in [0.25, 0.3) is 0 Å². The van der Waals surface area contributed by atoms with E-state index in [-0.39, 0.29) is 24.5 Å². The van der Waals surface area contributed by atoms with E-state index in [0.29, 0.717) is 18.7 Å². The lowest BCUT2D eigenvalue weighted by atomic mass is 10.0. The number of benzene rings is 2. The molecule has 4 nitrogen and oxygen atoms in total. The summed E-state index contributed by atoms with van der Waals surface area (Å²) in [5.41, 5.74) is 2.82. The Bertz CT molecular complexity index is 705. The molecule has 2 rings (SSSR count). The van der Waals surface area contributed by atoms with Gasteiger partial charge >= 0.3 is 0 Å². The van der Waals surface area contributed by atoms with Crippen LogP contribution in [0.5, 0.6) is 5.75 Å². The fourth-order valence-electron chi connectivity index (χ4n) is 2.59. The van der Waals surface area contributed by atoms with Gasteiger partial charge in [-0.15, -0.1) is 0 Å². The molecule has 0 unspecified atom stereocenters. The van der Waals surface area contributed by atoms with Crippen molar-refractivity contribution in [3.63, 3.8) is 0 Å². The van der Waals surface area contributed by atoms with Crippen molar-refractivity contribution in [2.24, 2.45) is 0 Å². The van der Waals surface area contributed by atoms with Crippen LogP contribution in [0.1, 0.15) is 41.3 Å². The Kier molecular flexibility index (Phi) is 6.75. The summed E-state index contributed by atoms with van der Waals surface area (Å²) in [6.07, 6.45) is 0.470. The van der Waals surface area contributed by atoms with Crippen LogP contribution in [-0.4, -0.2) is 30.2 Å². The molecule has 0 saturated heterocycles. The number of methoxy groups -OCH3 is 1. The number of rotatable bonds is 8. The van der Waals surface area contributed by atoms with Crippen molar-refractivity contribution in [1.82, 2.24) is 4.90 Å². The fraction of sp³-hybridized carbons (Fsp3) is 0.333. The lowest BCUT2D eigenvalue weighted by Crippen LogP contribution is -2.30. The van der Waals surface area contributed by atoms with Crippen molar-refractivity contribution >= 4 is 11.7 Å². The first-order chi connectivity index (χ1) is 12.0. The van der Waals surface area contributed by atoms with Crippen molar-refractivity contribution in [3.05, 3.63) is 65.2 Å². The van der Waals surface area contributed by atoms with E-state index in [2.05, 4.69) is 0 Å². The maximum atomic E-state index is 12.4. The summed E-state index contributed by atoms with van der Waals surface area (Å²) < 4.78 is 5.14. The number of hydrogen-bond donors (Lipinski definition) is 0. The zero-order valence-corrected chi connectivity index (χ0v) is 15.1. The minimum Gasteiger partial charge on any atom is -0.497 e. The normalized spacial score (nSPS) is 10.4. The monoisotopic (exact) mass is 339 g/mol. The molecule has 25 heavy (non-hydrogen) atoms. The highest BCUT2D eigenvalue weighted by Gasteiger charge is 2.15. The topological polar surface area (TPSA) is 46.6 Å². The van der Waals surface area contributed by atoms with E-state index in [4.69, 9.17) is 4.74 Å². The van der Waals surface area contributed by atoms with Gasteiger partial charge < -0.3 is 9.64 Å². The van der Waals surface area contributed by atoms with Gasteiger partial charge in [0.15, 0.2) is 5.78 Å². The second kappa shape index (κ2) is 9.02. The van der Waals surface area contributed by atoms with Crippen molar-refractivity contribution < 1.29 is 14.3 Å². The Balaban J connectivity index is 1.90. The van der Waals surface area contributed by atoms with Crippen LogP contribution in [-0.2, 0) is 11.3 Å².